The van der Waals surface area contributed by atoms with Crippen LogP contribution in [0.3, 0.4) is 0 Å². The lowest BCUT2D eigenvalue weighted by Crippen LogP contribution is -2.20. The van der Waals surface area contributed by atoms with Crippen LogP contribution >= 0.6 is 0 Å². The van der Waals surface area contributed by atoms with E-state index in [0.717, 1.165) is 11.1 Å². The van der Waals surface area contributed by atoms with Crippen molar-refractivity contribution >= 4 is 0 Å². The third-order valence-electron chi connectivity index (χ3n) is 2.33. The highest BCUT2D eigenvalue weighted by molar-refractivity contribution is 5.27. The number of aliphatic hydroxyl groups excluding tert-OH is 1. The van der Waals surface area contributed by atoms with Gasteiger partial charge < -0.3 is 5.11 Å². The van der Waals surface area contributed by atoms with E-state index in [9.17, 15) is 5.11 Å². The maximum Gasteiger partial charge on any atom is 0.0974 e. The lowest BCUT2D eigenvalue weighted by molar-refractivity contribution is 0.0861. The monoisotopic (exact) mass is 190 g/mol. The predicted molar refractivity (Wildman–Crippen MR) is 53.3 cm³/mol. The van der Waals surface area contributed by atoms with E-state index in [0.29, 0.717) is 0 Å². The molecule has 0 aromatic carbocycles. The largest absolute Gasteiger partial charge is 0.387 e. The van der Waals surface area contributed by atoms with Crippen LogP contribution in [0.1, 0.15) is 31.1 Å². The number of aryl methyl sites for hydroxylation is 1. The van der Waals surface area contributed by atoms with E-state index in [-0.39, 0.29) is 0 Å². The summed E-state index contributed by atoms with van der Waals surface area (Å²) in [7, 11) is 0. The summed E-state index contributed by atoms with van der Waals surface area (Å²) >= 11 is 0. The van der Waals surface area contributed by atoms with Gasteiger partial charge in [-0.25, -0.2) is 0 Å². The summed E-state index contributed by atoms with van der Waals surface area (Å²) in [6.07, 6.45) is 2.54. The normalized spacial score (nSPS) is 13.4. The Hall–Kier alpha value is -1.40. The van der Waals surface area contributed by atoms with Crippen molar-refractivity contribution in [2.75, 3.05) is 0 Å². The molecule has 1 aromatic rings. The highest BCUT2D eigenvalue weighted by Gasteiger charge is 2.29. The quantitative estimate of drug-likeness (QED) is 0.775. The van der Waals surface area contributed by atoms with Crippen LogP contribution in [0.15, 0.2) is 18.5 Å². The van der Waals surface area contributed by atoms with Crippen molar-refractivity contribution in [1.29, 1.82) is 5.26 Å². The summed E-state index contributed by atoms with van der Waals surface area (Å²) in [6.45, 7) is 5.31. The van der Waals surface area contributed by atoms with Gasteiger partial charge in [0.1, 0.15) is 0 Å². The van der Waals surface area contributed by atoms with E-state index in [1.54, 1.807) is 32.3 Å². The van der Waals surface area contributed by atoms with Crippen LogP contribution in [0.2, 0.25) is 0 Å². The minimum atomic E-state index is -0.772. The average molecular weight is 190 g/mol. The second-order valence-electron chi connectivity index (χ2n) is 3.97. The SMILES string of the molecule is Cc1cnccc1C(O)C(C)(C)C#N. The van der Waals surface area contributed by atoms with Crippen LogP contribution in [0.25, 0.3) is 0 Å². The average Bonchev–Trinajstić information content (AvgIpc) is 2.17. The number of pyridine rings is 1. The Labute approximate surface area is 84.0 Å². The molecular weight excluding hydrogens is 176 g/mol. The Kier molecular flexibility index (Phi) is 2.87. The highest BCUT2D eigenvalue weighted by Crippen LogP contribution is 2.33. The van der Waals surface area contributed by atoms with Crippen LogP contribution in [-0.4, -0.2) is 10.1 Å². The van der Waals surface area contributed by atoms with Gasteiger partial charge in [0.2, 0.25) is 0 Å². The second kappa shape index (κ2) is 3.77. The molecule has 1 rings (SSSR count). The van der Waals surface area contributed by atoms with Gasteiger partial charge in [0.05, 0.1) is 17.6 Å². The number of hydrogen-bond donors (Lipinski definition) is 1. The number of nitriles is 1. The van der Waals surface area contributed by atoms with Crippen molar-refractivity contribution in [3.63, 3.8) is 0 Å². The standard InChI is InChI=1S/C11H14N2O/c1-8-6-13-5-4-9(8)10(14)11(2,3)7-12/h4-6,10,14H,1-3H3. The first kappa shape index (κ1) is 10.7. The van der Waals surface area contributed by atoms with E-state index >= 15 is 0 Å². The molecule has 1 N–H and O–H groups in total. The van der Waals surface area contributed by atoms with Crippen molar-refractivity contribution in [2.45, 2.75) is 26.9 Å². The summed E-state index contributed by atoms with van der Waals surface area (Å²) in [4.78, 5) is 3.94. The van der Waals surface area contributed by atoms with Gasteiger partial charge in [0.25, 0.3) is 0 Å². The van der Waals surface area contributed by atoms with E-state index in [1.807, 2.05) is 6.92 Å². The fraction of sp³-hybridized carbons (Fsp3) is 0.455. The summed E-state index contributed by atoms with van der Waals surface area (Å²) in [6, 6.07) is 3.85. The zero-order valence-electron chi connectivity index (χ0n) is 8.65. The molecule has 0 fully saturated rings. The minimum Gasteiger partial charge on any atom is -0.387 e. The van der Waals surface area contributed by atoms with E-state index in [4.69, 9.17) is 5.26 Å². The number of aromatic nitrogens is 1. The van der Waals surface area contributed by atoms with Gasteiger partial charge in [-0.15, -0.1) is 0 Å². The molecule has 0 aliphatic carbocycles. The second-order valence-corrected chi connectivity index (χ2v) is 3.97. The van der Waals surface area contributed by atoms with Crippen LogP contribution in [0.4, 0.5) is 0 Å². The molecule has 1 heterocycles. The van der Waals surface area contributed by atoms with Gasteiger partial charge >= 0.3 is 0 Å². The van der Waals surface area contributed by atoms with E-state index in [2.05, 4.69) is 11.1 Å². The molecule has 0 amide bonds. The third kappa shape index (κ3) is 1.91. The molecule has 1 atom stereocenters. The first-order chi connectivity index (χ1) is 6.49. The lowest BCUT2D eigenvalue weighted by Gasteiger charge is -2.24. The van der Waals surface area contributed by atoms with E-state index in [1.165, 1.54) is 0 Å². The number of hydrogen-bond acceptors (Lipinski definition) is 3. The van der Waals surface area contributed by atoms with Crippen LogP contribution in [0.5, 0.6) is 0 Å². The Balaban J connectivity index is 3.08. The van der Waals surface area contributed by atoms with Crippen LogP contribution in [-0.2, 0) is 0 Å². The Morgan fingerprint density at radius 2 is 2.21 bits per heavy atom. The van der Waals surface area contributed by atoms with Gasteiger partial charge in [-0.3, -0.25) is 4.98 Å². The maximum atomic E-state index is 9.98. The molecule has 3 nitrogen and oxygen atoms in total. The molecular formula is C11H14N2O. The topological polar surface area (TPSA) is 56.9 Å². The highest BCUT2D eigenvalue weighted by atomic mass is 16.3. The third-order valence-corrected chi connectivity index (χ3v) is 2.33. The zero-order chi connectivity index (χ0) is 10.8. The fourth-order valence-electron chi connectivity index (χ4n) is 1.24. The van der Waals surface area contributed by atoms with E-state index < -0.39 is 11.5 Å². The Morgan fingerprint density at radius 3 is 2.71 bits per heavy atom. The van der Waals surface area contributed by atoms with Crippen molar-refractivity contribution in [2.24, 2.45) is 5.41 Å². The molecule has 0 radical (unpaired) electrons. The molecule has 3 heteroatoms. The summed E-state index contributed by atoms with van der Waals surface area (Å²) < 4.78 is 0. The zero-order valence-corrected chi connectivity index (χ0v) is 8.65. The Morgan fingerprint density at radius 1 is 1.57 bits per heavy atom. The summed E-state index contributed by atoms with van der Waals surface area (Å²) in [5, 5.41) is 18.9. The molecule has 1 unspecified atom stereocenters. The molecule has 74 valence electrons. The van der Waals surface area contributed by atoms with Crippen molar-refractivity contribution < 1.29 is 5.11 Å². The summed E-state index contributed by atoms with van der Waals surface area (Å²) in [5.41, 5.74) is 0.904. The van der Waals surface area contributed by atoms with Crippen LogP contribution in [0, 0.1) is 23.7 Å². The van der Waals surface area contributed by atoms with Gasteiger partial charge in [0.15, 0.2) is 0 Å². The molecule has 0 aliphatic heterocycles. The molecule has 0 bridgehead atoms. The van der Waals surface area contributed by atoms with Gasteiger partial charge in [-0.1, -0.05) is 0 Å². The molecule has 1 aromatic heterocycles. The fourth-order valence-corrected chi connectivity index (χ4v) is 1.24. The molecule has 0 saturated carbocycles. The minimum absolute atomic E-state index is 0.768. The van der Waals surface area contributed by atoms with Crippen LogP contribution < -0.4 is 0 Å². The molecule has 0 saturated heterocycles. The van der Waals surface area contributed by atoms with Gasteiger partial charge in [0, 0.05) is 12.4 Å². The van der Waals surface area contributed by atoms with Crippen molar-refractivity contribution in [3.05, 3.63) is 29.6 Å². The van der Waals surface area contributed by atoms with Crippen molar-refractivity contribution in [3.8, 4) is 6.07 Å². The summed E-state index contributed by atoms with van der Waals surface area (Å²) in [5.74, 6) is 0. The number of nitrogens with zero attached hydrogens (tertiary/aromatic N) is 2. The molecule has 14 heavy (non-hydrogen) atoms. The van der Waals surface area contributed by atoms with Gasteiger partial charge in [-0.2, -0.15) is 5.26 Å². The first-order valence-electron chi connectivity index (χ1n) is 4.49. The Bertz CT molecular complexity index is 366. The van der Waals surface area contributed by atoms with Crippen molar-refractivity contribution in [1.82, 2.24) is 4.98 Å². The lowest BCUT2D eigenvalue weighted by atomic mass is 9.83. The maximum absolute atomic E-state index is 9.98. The van der Waals surface area contributed by atoms with Gasteiger partial charge in [-0.05, 0) is 38.0 Å². The number of aliphatic hydroxyl groups is 1. The smallest absolute Gasteiger partial charge is 0.0974 e. The number of rotatable bonds is 2. The predicted octanol–water partition coefficient (Wildman–Crippen LogP) is 1.97. The molecule has 0 aliphatic rings. The molecule has 0 spiro atoms. The first-order valence-corrected chi connectivity index (χ1v) is 4.49.